The van der Waals surface area contributed by atoms with Crippen LogP contribution in [0.4, 0.5) is 5.69 Å². The molecule has 2 atom stereocenters. The molecule has 2 unspecified atom stereocenters. The van der Waals surface area contributed by atoms with Crippen LogP contribution in [0.15, 0.2) is 24.3 Å². The number of carbonyl (C=O) groups is 1. The summed E-state index contributed by atoms with van der Waals surface area (Å²) in [6.45, 7) is 4.13. The summed E-state index contributed by atoms with van der Waals surface area (Å²) in [6, 6.07) is 6.99. The third-order valence-corrected chi connectivity index (χ3v) is 3.01. The van der Waals surface area contributed by atoms with Gasteiger partial charge in [0.15, 0.2) is 0 Å². The number of nitrogens with one attached hydrogen (secondary N) is 1. The maximum atomic E-state index is 11.6. The lowest BCUT2D eigenvalue weighted by Crippen LogP contribution is -2.38. The zero-order valence-electron chi connectivity index (χ0n) is 11.4. The Balaban J connectivity index is 2.25. The van der Waals surface area contributed by atoms with E-state index in [4.69, 9.17) is 15.6 Å². The minimum atomic E-state index is -0.0803. The molecule has 0 fully saturated rings. The molecule has 0 aliphatic rings. The highest BCUT2D eigenvalue weighted by Gasteiger charge is 2.13. The van der Waals surface area contributed by atoms with E-state index < -0.39 is 0 Å². The number of nitrogens with two attached hydrogens (primary N) is 1. The molecule has 19 heavy (non-hydrogen) atoms. The SMILES string of the molecule is CC(CO)C(C)NC(=O)CCOc1ccc(N)cc1. The molecule has 1 aromatic carbocycles. The van der Waals surface area contributed by atoms with E-state index in [1.165, 1.54) is 0 Å². The lowest BCUT2D eigenvalue weighted by Gasteiger charge is -2.19. The van der Waals surface area contributed by atoms with Crippen molar-refractivity contribution in [1.82, 2.24) is 5.32 Å². The van der Waals surface area contributed by atoms with Crippen LogP contribution in [0.3, 0.4) is 0 Å². The molecule has 0 saturated heterocycles. The lowest BCUT2D eigenvalue weighted by molar-refractivity contribution is -0.122. The summed E-state index contributed by atoms with van der Waals surface area (Å²) in [6.07, 6.45) is 0.285. The number of ether oxygens (including phenoxy) is 1. The molecule has 1 amide bonds. The van der Waals surface area contributed by atoms with Crippen LogP contribution >= 0.6 is 0 Å². The van der Waals surface area contributed by atoms with Crippen LogP contribution < -0.4 is 15.8 Å². The number of carbonyl (C=O) groups excluding carboxylic acids is 1. The van der Waals surface area contributed by atoms with Crippen LogP contribution in [0.1, 0.15) is 20.3 Å². The molecule has 0 bridgehead atoms. The molecule has 106 valence electrons. The maximum absolute atomic E-state index is 11.6. The van der Waals surface area contributed by atoms with Gasteiger partial charge in [-0.1, -0.05) is 6.92 Å². The first kappa shape index (κ1) is 15.3. The van der Waals surface area contributed by atoms with E-state index in [2.05, 4.69) is 5.32 Å². The van der Waals surface area contributed by atoms with Crippen molar-refractivity contribution >= 4 is 11.6 Å². The van der Waals surface area contributed by atoms with Crippen LogP contribution in [0.5, 0.6) is 5.75 Å². The second-order valence-corrected chi connectivity index (χ2v) is 4.68. The second-order valence-electron chi connectivity index (χ2n) is 4.68. The highest BCUT2D eigenvalue weighted by atomic mass is 16.5. The van der Waals surface area contributed by atoms with Crippen molar-refractivity contribution in [2.75, 3.05) is 18.9 Å². The molecule has 0 saturated carbocycles. The first-order chi connectivity index (χ1) is 9.02. The van der Waals surface area contributed by atoms with E-state index in [1.54, 1.807) is 24.3 Å². The summed E-state index contributed by atoms with van der Waals surface area (Å²) in [4.78, 5) is 11.6. The number of hydrogen-bond donors (Lipinski definition) is 3. The number of aliphatic hydroxyl groups is 1. The number of aliphatic hydroxyl groups excluding tert-OH is 1. The Morgan fingerprint density at radius 1 is 1.37 bits per heavy atom. The van der Waals surface area contributed by atoms with E-state index in [9.17, 15) is 4.79 Å². The zero-order chi connectivity index (χ0) is 14.3. The van der Waals surface area contributed by atoms with Gasteiger partial charge in [0.25, 0.3) is 0 Å². The lowest BCUT2D eigenvalue weighted by atomic mass is 10.1. The largest absolute Gasteiger partial charge is 0.493 e. The Bertz CT molecular complexity index is 392. The quantitative estimate of drug-likeness (QED) is 0.647. The van der Waals surface area contributed by atoms with Crippen LogP contribution in [0.25, 0.3) is 0 Å². The van der Waals surface area contributed by atoms with Gasteiger partial charge in [-0.05, 0) is 37.1 Å². The van der Waals surface area contributed by atoms with Crippen molar-refractivity contribution in [3.05, 3.63) is 24.3 Å². The molecule has 4 N–H and O–H groups in total. The molecule has 1 rings (SSSR count). The highest BCUT2D eigenvalue weighted by molar-refractivity contribution is 5.76. The number of hydrogen-bond acceptors (Lipinski definition) is 4. The summed E-state index contributed by atoms with van der Waals surface area (Å²) in [7, 11) is 0. The van der Waals surface area contributed by atoms with Gasteiger partial charge >= 0.3 is 0 Å². The van der Waals surface area contributed by atoms with Gasteiger partial charge < -0.3 is 20.9 Å². The van der Waals surface area contributed by atoms with Crippen LogP contribution in [0, 0.1) is 5.92 Å². The van der Waals surface area contributed by atoms with Crippen molar-refractivity contribution in [2.45, 2.75) is 26.3 Å². The van der Waals surface area contributed by atoms with Gasteiger partial charge in [-0.3, -0.25) is 4.79 Å². The molecule has 0 aliphatic heterocycles. The minimum Gasteiger partial charge on any atom is -0.493 e. The Morgan fingerprint density at radius 3 is 2.58 bits per heavy atom. The van der Waals surface area contributed by atoms with Gasteiger partial charge in [-0.2, -0.15) is 0 Å². The predicted octanol–water partition coefficient (Wildman–Crippen LogP) is 1.17. The van der Waals surface area contributed by atoms with Crippen molar-refractivity contribution in [1.29, 1.82) is 0 Å². The van der Waals surface area contributed by atoms with Gasteiger partial charge in [0.05, 0.1) is 13.0 Å². The molecule has 0 heterocycles. The van der Waals surface area contributed by atoms with Crippen molar-refractivity contribution < 1.29 is 14.6 Å². The predicted molar refractivity (Wildman–Crippen MR) is 74.8 cm³/mol. The van der Waals surface area contributed by atoms with E-state index in [-0.39, 0.29) is 30.9 Å². The normalized spacial score (nSPS) is 13.6. The molecule has 0 spiro atoms. The van der Waals surface area contributed by atoms with Gasteiger partial charge in [0, 0.05) is 18.3 Å². The topological polar surface area (TPSA) is 84.6 Å². The van der Waals surface area contributed by atoms with Gasteiger partial charge in [-0.25, -0.2) is 0 Å². The van der Waals surface area contributed by atoms with Crippen molar-refractivity contribution in [3.63, 3.8) is 0 Å². The number of anilines is 1. The van der Waals surface area contributed by atoms with E-state index in [1.807, 2.05) is 13.8 Å². The maximum Gasteiger partial charge on any atom is 0.223 e. The van der Waals surface area contributed by atoms with Crippen LogP contribution in [-0.2, 0) is 4.79 Å². The number of amides is 1. The average molecular weight is 266 g/mol. The standard InChI is InChI=1S/C14H22N2O3/c1-10(9-17)11(2)16-14(18)7-8-19-13-5-3-12(15)4-6-13/h3-6,10-11,17H,7-9,15H2,1-2H3,(H,16,18). The molecule has 5 heteroatoms. The van der Waals surface area contributed by atoms with E-state index in [0.717, 1.165) is 0 Å². The highest BCUT2D eigenvalue weighted by Crippen LogP contribution is 2.13. The molecule has 0 radical (unpaired) electrons. The molecular weight excluding hydrogens is 244 g/mol. The van der Waals surface area contributed by atoms with Crippen molar-refractivity contribution in [3.8, 4) is 5.75 Å². The zero-order valence-corrected chi connectivity index (χ0v) is 11.4. The smallest absolute Gasteiger partial charge is 0.223 e. The molecule has 0 aliphatic carbocycles. The molecule has 0 aromatic heterocycles. The molecular formula is C14H22N2O3. The molecule has 1 aromatic rings. The monoisotopic (exact) mass is 266 g/mol. The Labute approximate surface area is 113 Å². The number of rotatable bonds is 7. The summed E-state index contributed by atoms with van der Waals surface area (Å²) in [5.41, 5.74) is 6.24. The summed E-state index contributed by atoms with van der Waals surface area (Å²) in [5, 5.41) is 11.8. The Morgan fingerprint density at radius 2 is 2.00 bits per heavy atom. The fourth-order valence-electron chi connectivity index (χ4n) is 1.45. The van der Waals surface area contributed by atoms with Crippen LogP contribution in [-0.4, -0.2) is 30.3 Å². The minimum absolute atomic E-state index is 0.0435. The summed E-state index contributed by atoms with van der Waals surface area (Å²) < 4.78 is 5.43. The fourth-order valence-corrected chi connectivity index (χ4v) is 1.45. The van der Waals surface area contributed by atoms with Crippen LogP contribution in [0.2, 0.25) is 0 Å². The average Bonchev–Trinajstić information content (AvgIpc) is 2.40. The van der Waals surface area contributed by atoms with Gasteiger partial charge in [0.1, 0.15) is 5.75 Å². The number of nitrogen functional groups attached to an aromatic ring is 1. The molecule has 5 nitrogen and oxygen atoms in total. The van der Waals surface area contributed by atoms with E-state index >= 15 is 0 Å². The van der Waals surface area contributed by atoms with Gasteiger partial charge in [-0.15, -0.1) is 0 Å². The van der Waals surface area contributed by atoms with E-state index in [0.29, 0.717) is 18.0 Å². The summed E-state index contributed by atoms with van der Waals surface area (Å²) >= 11 is 0. The van der Waals surface area contributed by atoms with Crippen molar-refractivity contribution in [2.24, 2.45) is 5.92 Å². The summed E-state index contributed by atoms with van der Waals surface area (Å²) in [5.74, 6) is 0.656. The Kier molecular flexibility index (Phi) is 6.15. The third kappa shape index (κ3) is 5.61. The number of benzene rings is 1. The fraction of sp³-hybridized carbons (Fsp3) is 0.500. The Hall–Kier alpha value is -1.75. The first-order valence-corrected chi connectivity index (χ1v) is 6.41. The second kappa shape index (κ2) is 7.63. The third-order valence-electron chi connectivity index (χ3n) is 3.01. The van der Waals surface area contributed by atoms with Gasteiger partial charge in [0.2, 0.25) is 5.91 Å². The first-order valence-electron chi connectivity index (χ1n) is 6.41.